The van der Waals surface area contributed by atoms with Crippen molar-refractivity contribution in [2.45, 2.75) is 49.4 Å². The van der Waals surface area contributed by atoms with Crippen LogP contribution < -0.4 is 0 Å². The number of rotatable bonds is 5. The fourth-order valence-electron chi connectivity index (χ4n) is 5.73. The lowest BCUT2D eigenvalue weighted by Crippen LogP contribution is -2.56. The summed E-state index contributed by atoms with van der Waals surface area (Å²) in [6.07, 6.45) is 6.34. The summed E-state index contributed by atoms with van der Waals surface area (Å²) in [5.41, 5.74) is 0.697. The molecule has 1 aromatic rings. The van der Waals surface area contributed by atoms with Crippen molar-refractivity contribution in [1.29, 1.82) is 0 Å². The van der Waals surface area contributed by atoms with Crippen molar-refractivity contribution < 1.29 is 14.3 Å². The van der Waals surface area contributed by atoms with Crippen molar-refractivity contribution in [2.75, 3.05) is 13.7 Å². The number of ether oxygens (including phenoxy) is 1. The number of nitrogens with zero attached hydrogens (tertiary/aromatic N) is 1. The number of amides is 1. The third-order valence-corrected chi connectivity index (χ3v) is 7.37. The van der Waals surface area contributed by atoms with Crippen LogP contribution in [0.1, 0.15) is 44.1 Å². The number of hydrogen-bond donors (Lipinski definition) is 0. The van der Waals surface area contributed by atoms with Gasteiger partial charge in [-0.05, 0) is 55.9 Å². The quantitative estimate of drug-likeness (QED) is 0.536. The van der Waals surface area contributed by atoms with E-state index in [1.807, 2.05) is 30.3 Å². The van der Waals surface area contributed by atoms with Crippen LogP contribution in [0.2, 0.25) is 0 Å². The van der Waals surface area contributed by atoms with Crippen LogP contribution in [0.25, 0.3) is 0 Å². The van der Waals surface area contributed by atoms with Gasteiger partial charge in [0, 0.05) is 17.9 Å². The molecule has 1 aromatic carbocycles. The summed E-state index contributed by atoms with van der Waals surface area (Å²) in [6.45, 7) is 0.367. The van der Waals surface area contributed by atoms with Gasteiger partial charge >= 0.3 is 5.97 Å². The molecule has 0 aromatic heterocycles. The minimum Gasteiger partial charge on any atom is -0.455 e. The van der Waals surface area contributed by atoms with Crippen LogP contribution in [-0.2, 0) is 20.9 Å². The molecule has 4 bridgehead atoms. The molecule has 26 heavy (non-hydrogen) atoms. The highest BCUT2D eigenvalue weighted by molar-refractivity contribution is 9.10. The highest BCUT2D eigenvalue weighted by Gasteiger charge is 2.60. The van der Waals surface area contributed by atoms with Gasteiger partial charge in [0.2, 0.25) is 0 Å². The van der Waals surface area contributed by atoms with Gasteiger partial charge in [-0.3, -0.25) is 9.59 Å². The molecule has 0 unspecified atom stereocenters. The van der Waals surface area contributed by atoms with E-state index in [0.29, 0.717) is 18.4 Å². The first kappa shape index (κ1) is 18.0. The fraction of sp³-hybridized carbons (Fsp3) is 0.619. The Morgan fingerprint density at radius 3 is 2.42 bits per heavy atom. The van der Waals surface area contributed by atoms with E-state index in [4.69, 9.17) is 4.74 Å². The minimum atomic E-state index is -0.369. The molecule has 0 saturated heterocycles. The van der Waals surface area contributed by atoms with Crippen LogP contribution in [0.3, 0.4) is 0 Å². The third kappa shape index (κ3) is 3.42. The van der Waals surface area contributed by atoms with E-state index in [1.54, 1.807) is 11.9 Å². The van der Waals surface area contributed by atoms with Gasteiger partial charge in [-0.2, -0.15) is 0 Å². The first-order valence-electron chi connectivity index (χ1n) is 9.52. The first-order valence-corrected chi connectivity index (χ1v) is 10.3. The Balaban J connectivity index is 1.34. The van der Waals surface area contributed by atoms with Crippen LogP contribution in [0.15, 0.2) is 30.3 Å². The predicted molar refractivity (Wildman–Crippen MR) is 103 cm³/mol. The molecular formula is C21H26BrNO3. The lowest BCUT2D eigenvalue weighted by molar-refractivity contribution is -0.172. The molecule has 4 aliphatic rings. The Hall–Kier alpha value is -1.36. The molecule has 5 heteroatoms. The highest BCUT2D eigenvalue weighted by Crippen LogP contribution is 2.64. The summed E-state index contributed by atoms with van der Waals surface area (Å²) >= 11 is 3.92. The number of esters is 1. The molecule has 4 saturated carbocycles. The standard InChI is InChI=1S/C21H26BrNO3/c1-23(12-15-5-3-2-4-6-15)18(24)13-26-19(25)20-8-16-7-17(9-20)11-21(22,10-16)14-20/h2-6,16-17H,7-14H2,1H3/t16-,17-,20?,21?/m1/s1. The smallest absolute Gasteiger partial charge is 0.312 e. The zero-order valence-corrected chi connectivity index (χ0v) is 16.8. The van der Waals surface area contributed by atoms with E-state index < -0.39 is 0 Å². The topological polar surface area (TPSA) is 46.6 Å². The maximum atomic E-state index is 12.9. The molecular weight excluding hydrogens is 394 g/mol. The second-order valence-electron chi connectivity index (χ2n) is 8.70. The summed E-state index contributed by atoms with van der Waals surface area (Å²) in [5.74, 6) is 0.941. The molecule has 2 atom stereocenters. The average molecular weight is 420 g/mol. The van der Waals surface area contributed by atoms with Crippen molar-refractivity contribution >= 4 is 27.8 Å². The van der Waals surface area contributed by atoms with Gasteiger partial charge in [-0.1, -0.05) is 46.3 Å². The van der Waals surface area contributed by atoms with Gasteiger partial charge in [0.05, 0.1) is 5.41 Å². The van der Waals surface area contributed by atoms with Crippen LogP contribution in [-0.4, -0.2) is 34.8 Å². The molecule has 4 aliphatic carbocycles. The van der Waals surface area contributed by atoms with Crippen LogP contribution in [0, 0.1) is 17.3 Å². The van der Waals surface area contributed by atoms with E-state index in [-0.39, 0.29) is 28.2 Å². The molecule has 0 heterocycles. The van der Waals surface area contributed by atoms with Gasteiger partial charge in [0.15, 0.2) is 6.61 Å². The number of alkyl halides is 1. The Labute approximate surface area is 163 Å². The molecule has 4 nitrogen and oxygen atoms in total. The van der Waals surface area contributed by atoms with Crippen LogP contribution >= 0.6 is 15.9 Å². The zero-order chi connectivity index (χ0) is 18.4. The van der Waals surface area contributed by atoms with Gasteiger partial charge in [-0.15, -0.1) is 0 Å². The van der Waals surface area contributed by atoms with Gasteiger partial charge < -0.3 is 9.64 Å². The van der Waals surface area contributed by atoms with Gasteiger partial charge in [-0.25, -0.2) is 0 Å². The SMILES string of the molecule is CN(Cc1ccccc1)C(=O)COC(=O)C12C[C@H]3C[C@@H](CC(Br)(C3)C1)C2. The lowest BCUT2D eigenvalue weighted by Gasteiger charge is -2.58. The molecule has 0 N–H and O–H groups in total. The van der Waals surface area contributed by atoms with Crippen molar-refractivity contribution in [2.24, 2.45) is 17.3 Å². The number of carbonyl (C=O) groups excluding carboxylic acids is 2. The van der Waals surface area contributed by atoms with Crippen molar-refractivity contribution in [3.05, 3.63) is 35.9 Å². The first-order chi connectivity index (χ1) is 12.4. The number of carbonyl (C=O) groups is 2. The average Bonchev–Trinajstić information content (AvgIpc) is 2.58. The zero-order valence-electron chi connectivity index (χ0n) is 15.2. The second-order valence-corrected chi connectivity index (χ2v) is 10.4. The van der Waals surface area contributed by atoms with E-state index in [1.165, 1.54) is 19.3 Å². The van der Waals surface area contributed by atoms with E-state index in [2.05, 4.69) is 15.9 Å². The van der Waals surface area contributed by atoms with Gasteiger partial charge in [0.1, 0.15) is 0 Å². The van der Waals surface area contributed by atoms with Crippen molar-refractivity contribution in [1.82, 2.24) is 4.90 Å². The maximum absolute atomic E-state index is 12.9. The molecule has 0 radical (unpaired) electrons. The highest BCUT2D eigenvalue weighted by atomic mass is 79.9. The van der Waals surface area contributed by atoms with Gasteiger partial charge in [0.25, 0.3) is 5.91 Å². The van der Waals surface area contributed by atoms with Crippen molar-refractivity contribution in [3.63, 3.8) is 0 Å². The van der Waals surface area contributed by atoms with E-state index in [0.717, 1.165) is 24.8 Å². The summed E-state index contributed by atoms with van der Waals surface area (Å²) < 4.78 is 5.66. The minimum absolute atomic E-state index is 0.115. The number of hydrogen-bond acceptors (Lipinski definition) is 3. The monoisotopic (exact) mass is 419 g/mol. The largest absolute Gasteiger partial charge is 0.455 e. The Bertz CT molecular complexity index is 690. The second kappa shape index (κ2) is 6.66. The van der Waals surface area contributed by atoms with E-state index in [9.17, 15) is 9.59 Å². The number of benzene rings is 1. The van der Waals surface area contributed by atoms with Crippen LogP contribution in [0.5, 0.6) is 0 Å². The molecule has 0 aliphatic heterocycles. The molecule has 140 valence electrons. The Morgan fingerprint density at radius 1 is 1.15 bits per heavy atom. The predicted octanol–water partition coefficient (Wildman–Crippen LogP) is 3.92. The van der Waals surface area contributed by atoms with Crippen LogP contribution in [0.4, 0.5) is 0 Å². The fourth-order valence-corrected chi connectivity index (χ4v) is 7.18. The molecule has 5 rings (SSSR count). The normalized spacial score (nSPS) is 34.5. The molecule has 0 spiro atoms. The Morgan fingerprint density at radius 2 is 1.81 bits per heavy atom. The number of likely N-dealkylation sites (N-methyl/N-ethyl adjacent to an activating group) is 1. The molecule has 1 amide bonds. The van der Waals surface area contributed by atoms with Crippen molar-refractivity contribution in [3.8, 4) is 0 Å². The molecule has 4 fully saturated rings. The number of halogens is 1. The summed E-state index contributed by atoms with van der Waals surface area (Å²) in [4.78, 5) is 26.9. The summed E-state index contributed by atoms with van der Waals surface area (Å²) in [5, 5.41) is 0. The third-order valence-electron chi connectivity index (χ3n) is 6.44. The summed E-state index contributed by atoms with van der Waals surface area (Å²) in [6, 6.07) is 9.84. The Kier molecular flexibility index (Phi) is 4.62. The van der Waals surface area contributed by atoms with E-state index >= 15 is 0 Å². The summed E-state index contributed by atoms with van der Waals surface area (Å²) in [7, 11) is 1.75. The maximum Gasteiger partial charge on any atom is 0.312 e. The lowest BCUT2D eigenvalue weighted by atomic mass is 9.49.